The molecule has 0 saturated carbocycles. The SMILES string of the molecule is C/C(=N/NC(=O)c1ccccc1)c1cccc(OCC(=O)[O-])c1. The van der Waals surface area contributed by atoms with E-state index in [4.69, 9.17) is 4.74 Å². The summed E-state index contributed by atoms with van der Waals surface area (Å²) in [5, 5.41) is 14.4. The summed E-state index contributed by atoms with van der Waals surface area (Å²) >= 11 is 0. The highest BCUT2D eigenvalue weighted by atomic mass is 16.5. The van der Waals surface area contributed by atoms with Crippen LogP contribution in [0.4, 0.5) is 0 Å². The quantitative estimate of drug-likeness (QED) is 0.635. The molecule has 0 unspecified atom stereocenters. The second-order valence-corrected chi connectivity index (χ2v) is 4.69. The second-order valence-electron chi connectivity index (χ2n) is 4.69. The van der Waals surface area contributed by atoms with Crippen molar-refractivity contribution in [3.63, 3.8) is 0 Å². The molecule has 0 atom stereocenters. The number of hydrogen-bond donors (Lipinski definition) is 1. The fraction of sp³-hybridized carbons (Fsp3) is 0.118. The van der Waals surface area contributed by atoms with Gasteiger partial charge in [-0.3, -0.25) is 4.79 Å². The molecule has 0 radical (unpaired) electrons. The lowest BCUT2D eigenvalue weighted by Crippen LogP contribution is -2.28. The van der Waals surface area contributed by atoms with Crippen LogP contribution in [0.5, 0.6) is 5.75 Å². The van der Waals surface area contributed by atoms with Crippen LogP contribution in [0.15, 0.2) is 59.7 Å². The first-order valence-electron chi connectivity index (χ1n) is 6.89. The Labute approximate surface area is 133 Å². The summed E-state index contributed by atoms with van der Waals surface area (Å²) in [6, 6.07) is 15.5. The molecule has 0 saturated heterocycles. The van der Waals surface area contributed by atoms with Crippen LogP contribution < -0.4 is 15.3 Å². The zero-order valence-corrected chi connectivity index (χ0v) is 12.5. The van der Waals surface area contributed by atoms with Gasteiger partial charge in [-0.15, -0.1) is 0 Å². The Bertz CT molecular complexity index is 726. The molecule has 1 N–H and O–H groups in total. The van der Waals surface area contributed by atoms with Gasteiger partial charge in [-0.25, -0.2) is 5.43 Å². The molecule has 0 heterocycles. The van der Waals surface area contributed by atoms with E-state index < -0.39 is 12.6 Å². The standard InChI is InChI=1S/C17H16N2O4/c1-12(18-19-17(22)13-6-3-2-4-7-13)14-8-5-9-15(10-14)23-11-16(20)21/h2-10H,11H2,1H3,(H,19,22)(H,20,21)/p-1/b18-12-. The molecule has 0 spiro atoms. The summed E-state index contributed by atoms with van der Waals surface area (Å²) in [6.07, 6.45) is 0. The van der Waals surface area contributed by atoms with Crippen molar-refractivity contribution in [2.75, 3.05) is 6.61 Å². The molecule has 23 heavy (non-hydrogen) atoms. The number of nitrogens with one attached hydrogen (secondary N) is 1. The molecule has 2 aromatic rings. The third kappa shape index (κ3) is 4.96. The van der Waals surface area contributed by atoms with Gasteiger partial charge >= 0.3 is 0 Å². The number of rotatable bonds is 6. The van der Waals surface area contributed by atoms with E-state index in [1.165, 1.54) is 0 Å². The van der Waals surface area contributed by atoms with Crippen molar-refractivity contribution in [2.24, 2.45) is 5.10 Å². The first-order valence-corrected chi connectivity index (χ1v) is 6.89. The number of nitrogens with zero attached hydrogens (tertiary/aromatic N) is 1. The number of carbonyl (C=O) groups is 2. The van der Waals surface area contributed by atoms with Gasteiger partial charge in [-0.05, 0) is 31.2 Å². The number of ether oxygens (including phenoxy) is 1. The number of carboxylic acid groups (broad SMARTS) is 1. The Kier molecular flexibility index (Phi) is 5.46. The van der Waals surface area contributed by atoms with Crippen molar-refractivity contribution in [2.45, 2.75) is 6.92 Å². The Morgan fingerprint density at radius 3 is 2.48 bits per heavy atom. The minimum Gasteiger partial charge on any atom is -0.546 e. The van der Waals surface area contributed by atoms with Crippen molar-refractivity contribution in [1.29, 1.82) is 0 Å². The van der Waals surface area contributed by atoms with Gasteiger partial charge in [-0.2, -0.15) is 5.10 Å². The maximum Gasteiger partial charge on any atom is 0.271 e. The van der Waals surface area contributed by atoms with Gasteiger partial charge in [0.2, 0.25) is 0 Å². The van der Waals surface area contributed by atoms with Gasteiger partial charge in [0, 0.05) is 11.1 Å². The molecule has 6 heteroatoms. The molecule has 2 rings (SSSR count). The molecule has 0 aliphatic rings. The number of aliphatic carboxylic acids is 1. The lowest BCUT2D eigenvalue weighted by atomic mass is 10.1. The van der Waals surface area contributed by atoms with Gasteiger partial charge in [-0.1, -0.05) is 30.3 Å². The summed E-state index contributed by atoms with van der Waals surface area (Å²) in [5.41, 5.74) is 4.25. The van der Waals surface area contributed by atoms with Crippen LogP contribution in [-0.4, -0.2) is 24.2 Å². The highest BCUT2D eigenvalue weighted by molar-refractivity contribution is 6.01. The van der Waals surface area contributed by atoms with Gasteiger partial charge < -0.3 is 14.6 Å². The third-order valence-electron chi connectivity index (χ3n) is 2.97. The van der Waals surface area contributed by atoms with Crippen LogP contribution in [0.3, 0.4) is 0 Å². The van der Waals surface area contributed by atoms with E-state index >= 15 is 0 Å². The van der Waals surface area contributed by atoms with Gasteiger partial charge in [0.1, 0.15) is 12.4 Å². The molecule has 0 bridgehead atoms. The summed E-state index contributed by atoms with van der Waals surface area (Å²) in [6.45, 7) is 1.20. The van der Waals surface area contributed by atoms with E-state index in [0.717, 1.165) is 0 Å². The van der Waals surface area contributed by atoms with Crippen molar-refractivity contribution in [3.8, 4) is 5.75 Å². The van der Waals surface area contributed by atoms with Crippen LogP contribution in [0, 0.1) is 0 Å². The van der Waals surface area contributed by atoms with Gasteiger partial charge in [0.25, 0.3) is 5.91 Å². The van der Waals surface area contributed by atoms with E-state index in [1.807, 2.05) is 6.07 Å². The van der Waals surface area contributed by atoms with E-state index in [9.17, 15) is 14.7 Å². The van der Waals surface area contributed by atoms with Crippen molar-refractivity contribution < 1.29 is 19.4 Å². The normalized spacial score (nSPS) is 10.9. The Morgan fingerprint density at radius 1 is 1.09 bits per heavy atom. The molecule has 0 aromatic heterocycles. The Hall–Kier alpha value is -3.15. The fourth-order valence-electron chi connectivity index (χ4n) is 1.81. The second kappa shape index (κ2) is 7.74. The largest absolute Gasteiger partial charge is 0.546 e. The molecule has 2 aromatic carbocycles. The average Bonchev–Trinajstić information content (AvgIpc) is 2.58. The monoisotopic (exact) mass is 311 g/mol. The summed E-state index contributed by atoms with van der Waals surface area (Å²) in [4.78, 5) is 22.3. The number of hydrazone groups is 1. The zero-order valence-electron chi connectivity index (χ0n) is 12.5. The number of hydrogen-bond acceptors (Lipinski definition) is 5. The number of amides is 1. The number of carboxylic acids is 1. The van der Waals surface area contributed by atoms with Crippen molar-refractivity contribution in [1.82, 2.24) is 5.43 Å². The Balaban J connectivity index is 2.04. The molecule has 0 fully saturated rings. The predicted molar refractivity (Wildman–Crippen MR) is 83.1 cm³/mol. The van der Waals surface area contributed by atoms with Crippen molar-refractivity contribution in [3.05, 3.63) is 65.7 Å². The molecule has 6 nitrogen and oxygen atoms in total. The Morgan fingerprint density at radius 2 is 1.78 bits per heavy atom. The smallest absolute Gasteiger partial charge is 0.271 e. The van der Waals surface area contributed by atoms with E-state index in [0.29, 0.717) is 22.6 Å². The first kappa shape index (κ1) is 16.2. The number of carbonyl (C=O) groups excluding carboxylic acids is 2. The third-order valence-corrected chi connectivity index (χ3v) is 2.97. The topological polar surface area (TPSA) is 90.8 Å². The predicted octanol–water partition coefficient (Wildman–Crippen LogP) is 0.969. The van der Waals surface area contributed by atoms with Crippen LogP contribution in [0.1, 0.15) is 22.8 Å². The van der Waals surface area contributed by atoms with Crippen LogP contribution in [-0.2, 0) is 4.79 Å². The van der Waals surface area contributed by atoms with E-state index in [2.05, 4.69) is 10.5 Å². The van der Waals surface area contributed by atoms with Crippen LogP contribution in [0.2, 0.25) is 0 Å². The minimum atomic E-state index is -1.30. The average molecular weight is 311 g/mol. The van der Waals surface area contributed by atoms with E-state index in [1.54, 1.807) is 55.5 Å². The maximum absolute atomic E-state index is 11.9. The minimum absolute atomic E-state index is 0.311. The molecular weight excluding hydrogens is 296 g/mol. The van der Waals surface area contributed by atoms with Gasteiger partial charge in [0.05, 0.1) is 11.7 Å². The number of benzene rings is 2. The molecular formula is C17H15N2O4-. The highest BCUT2D eigenvalue weighted by Crippen LogP contribution is 2.14. The van der Waals surface area contributed by atoms with Crippen molar-refractivity contribution >= 4 is 17.6 Å². The highest BCUT2D eigenvalue weighted by Gasteiger charge is 2.04. The molecule has 0 aliphatic heterocycles. The molecule has 1 amide bonds. The van der Waals surface area contributed by atoms with Crippen LogP contribution >= 0.6 is 0 Å². The fourth-order valence-corrected chi connectivity index (χ4v) is 1.81. The lowest BCUT2D eigenvalue weighted by Gasteiger charge is -2.08. The first-order chi connectivity index (χ1) is 11.1. The zero-order chi connectivity index (χ0) is 16.7. The molecule has 118 valence electrons. The molecule has 0 aliphatic carbocycles. The lowest BCUT2D eigenvalue weighted by molar-refractivity contribution is -0.307. The van der Waals surface area contributed by atoms with E-state index in [-0.39, 0.29) is 5.91 Å². The summed E-state index contributed by atoms with van der Waals surface area (Å²) < 4.78 is 5.05. The summed E-state index contributed by atoms with van der Waals surface area (Å²) in [5.74, 6) is -1.22. The van der Waals surface area contributed by atoms with Gasteiger partial charge in [0.15, 0.2) is 0 Å². The van der Waals surface area contributed by atoms with Crippen LogP contribution in [0.25, 0.3) is 0 Å². The summed E-state index contributed by atoms with van der Waals surface area (Å²) in [7, 11) is 0. The maximum atomic E-state index is 11.9.